The van der Waals surface area contributed by atoms with E-state index in [1.807, 2.05) is 0 Å². The lowest BCUT2D eigenvalue weighted by atomic mass is 9.89. The normalized spacial score (nSPS) is 22.9. The molecule has 2 saturated carbocycles. The average molecular weight is 258 g/mol. The summed E-state index contributed by atoms with van der Waals surface area (Å²) in [5, 5.41) is 0. The van der Waals surface area contributed by atoms with Crippen LogP contribution in [-0.2, 0) is 4.79 Å². The van der Waals surface area contributed by atoms with Crippen LogP contribution < -0.4 is 0 Å². The summed E-state index contributed by atoms with van der Waals surface area (Å²) < 4.78 is 0. The van der Waals surface area contributed by atoms with Gasteiger partial charge in [-0.15, -0.1) is 11.6 Å². The molecule has 0 atom stereocenters. The number of hydrogen-bond donors (Lipinski definition) is 0. The number of carbonyl (C=O) groups is 1. The summed E-state index contributed by atoms with van der Waals surface area (Å²) in [6.07, 6.45) is 10.9. The summed E-state index contributed by atoms with van der Waals surface area (Å²) in [5.41, 5.74) is 0. The van der Waals surface area contributed by atoms with Gasteiger partial charge in [0.15, 0.2) is 0 Å². The molecule has 2 aliphatic rings. The number of nitrogens with zero attached hydrogens (tertiary/aromatic N) is 1. The number of hydrogen-bond acceptors (Lipinski definition) is 1. The Morgan fingerprint density at radius 2 is 1.65 bits per heavy atom. The Morgan fingerprint density at radius 3 is 2.12 bits per heavy atom. The zero-order chi connectivity index (χ0) is 12.1. The molecule has 1 amide bonds. The van der Waals surface area contributed by atoms with Crippen LogP contribution in [-0.4, -0.2) is 29.3 Å². The monoisotopic (exact) mass is 257 g/mol. The minimum absolute atomic E-state index is 0.293. The van der Waals surface area contributed by atoms with E-state index < -0.39 is 0 Å². The lowest BCUT2D eigenvalue weighted by Crippen LogP contribution is -2.47. The lowest BCUT2D eigenvalue weighted by molar-refractivity contribution is -0.139. The van der Waals surface area contributed by atoms with Crippen molar-refractivity contribution in [2.24, 2.45) is 5.92 Å². The van der Waals surface area contributed by atoms with Crippen molar-refractivity contribution in [1.82, 2.24) is 4.90 Å². The van der Waals surface area contributed by atoms with Crippen LogP contribution in [0.4, 0.5) is 0 Å². The Morgan fingerprint density at radius 1 is 1.00 bits per heavy atom. The fourth-order valence-electron chi connectivity index (χ4n) is 3.02. The van der Waals surface area contributed by atoms with Gasteiger partial charge in [0.1, 0.15) is 0 Å². The molecule has 17 heavy (non-hydrogen) atoms. The molecule has 2 aliphatic carbocycles. The maximum Gasteiger partial charge on any atom is 0.225 e. The first-order chi connectivity index (χ1) is 8.33. The highest BCUT2D eigenvalue weighted by Crippen LogP contribution is 2.30. The third-order valence-electron chi connectivity index (χ3n) is 4.33. The van der Waals surface area contributed by atoms with Crippen LogP contribution in [0, 0.1) is 5.92 Å². The topological polar surface area (TPSA) is 20.3 Å². The number of rotatable bonds is 4. The van der Waals surface area contributed by atoms with E-state index in [9.17, 15) is 4.79 Å². The summed E-state index contributed by atoms with van der Waals surface area (Å²) >= 11 is 5.84. The molecule has 2 fully saturated rings. The summed E-state index contributed by atoms with van der Waals surface area (Å²) in [5.74, 6) is 1.27. The van der Waals surface area contributed by atoms with Gasteiger partial charge in [-0.1, -0.05) is 25.7 Å². The predicted octanol–water partition coefficient (Wildman–Crippen LogP) is 3.58. The Balaban J connectivity index is 1.93. The summed E-state index contributed by atoms with van der Waals surface area (Å²) in [6.45, 7) is 0.752. The lowest BCUT2D eigenvalue weighted by Gasteiger charge is -2.39. The highest BCUT2D eigenvalue weighted by molar-refractivity contribution is 6.18. The van der Waals surface area contributed by atoms with Gasteiger partial charge in [0.25, 0.3) is 0 Å². The van der Waals surface area contributed by atoms with Crippen molar-refractivity contribution in [1.29, 1.82) is 0 Å². The maximum atomic E-state index is 12.5. The molecule has 0 heterocycles. The van der Waals surface area contributed by atoms with Crippen LogP contribution in [0.15, 0.2) is 0 Å². The summed E-state index contributed by atoms with van der Waals surface area (Å²) in [4.78, 5) is 14.6. The van der Waals surface area contributed by atoms with Crippen LogP contribution in [0.2, 0.25) is 0 Å². The van der Waals surface area contributed by atoms with E-state index in [1.165, 1.54) is 44.9 Å². The predicted molar refractivity (Wildman–Crippen MR) is 71.3 cm³/mol. The second-order valence-electron chi connectivity index (χ2n) is 5.49. The highest BCUT2D eigenvalue weighted by atomic mass is 35.5. The van der Waals surface area contributed by atoms with Crippen molar-refractivity contribution < 1.29 is 4.79 Å². The van der Waals surface area contributed by atoms with Crippen molar-refractivity contribution in [3.8, 4) is 0 Å². The second kappa shape index (κ2) is 6.63. The van der Waals surface area contributed by atoms with Crippen molar-refractivity contribution in [3.63, 3.8) is 0 Å². The van der Waals surface area contributed by atoms with Crippen LogP contribution >= 0.6 is 11.6 Å². The molecule has 0 aromatic heterocycles. The van der Waals surface area contributed by atoms with Gasteiger partial charge in [0.2, 0.25) is 5.91 Å². The zero-order valence-corrected chi connectivity index (χ0v) is 11.4. The number of halogens is 1. The molecule has 98 valence electrons. The van der Waals surface area contributed by atoms with Crippen molar-refractivity contribution >= 4 is 17.5 Å². The molecule has 2 rings (SSSR count). The number of alkyl halides is 1. The molecule has 0 radical (unpaired) electrons. The standard InChI is InChI=1S/C14H24ClNO/c15-10-11-16(13-8-5-9-13)14(17)12-6-3-1-2-4-7-12/h12-13H,1-11H2. The minimum atomic E-state index is 0.293. The van der Waals surface area contributed by atoms with Crippen LogP contribution in [0.1, 0.15) is 57.8 Å². The SMILES string of the molecule is O=C(C1CCCCCC1)N(CCCl)C1CCC1. The molecular formula is C14H24ClNO. The van der Waals surface area contributed by atoms with E-state index in [1.54, 1.807) is 0 Å². The Labute approximate surface area is 110 Å². The zero-order valence-electron chi connectivity index (χ0n) is 10.7. The maximum absolute atomic E-state index is 12.5. The van der Waals surface area contributed by atoms with Gasteiger partial charge in [-0.25, -0.2) is 0 Å². The Bertz CT molecular complexity index is 245. The third-order valence-corrected chi connectivity index (χ3v) is 4.50. The summed E-state index contributed by atoms with van der Waals surface area (Å²) in [7, 11) is 0. The van der Waals surface area contributed by atoms with Crippen molar-refractivity contribution in [3.05, 3.63) is 0 Å². The van der Waals surface area contributed by atoms with E-state index in [0.29, 0.717) is 23.7 Å². The van der Waals surface area contributed by atoms with E-state index in [2.05, 4.69) is 4.90 Å². The van der Waals surface area contributed by atoms with E-state index in [0.717, 1.165) is 19.4 Å². The highest BCUT2D eigenvalue weighted by Gasteiger charge is 2.32. The van der Waals surface area contributed by atoms with Gasteiger partial charge in [0.05, 0.1) is 0 Å². The molecule has 0 bridgehead atoms. The fourth-order valence-corrected chi connectivity index (χ4v) is 3.21. The molecule has 2 nitrogen and oxygen atoms in total. The van der Waals surface area contributed by atoms with Gasteiger partial charge >= 0.3 is 0 Å². The molecule has 0 spiro atoms. The Hall–Kier alpha value is -0.240. The van der Waals surface area contributed by atoms with Gasteiger partial charge in [-0.3, -0.25) is 4.79 Å². The van der Waals surface area contributed by atoms with Crippen LogP contribution in [0.3, 0.4) is 0 Å². The molecule has 0 aromatic rings. The van der Waals surface area contributed by atoms with Gasteiger partial charge in [-0.2, -0.15) is 0 Å². The molecule has 3 heteroatoms. The quantitative estimate of drug-likeness (QED) is 0.557. The molecular weight excluding hydrogens is 234 g/mol. The van der Waals surface area contributed by atoms with Gasteiger partial charge in [0, 0.05) is 24.4 Å². The molecule has 0 aromatic carbocycles. The van der Waals surface area contributed by atoms with E-state index in [4.69, 9.17) is 11.6 Å². The largest absolute Gasteiger partial charge is 0.338 e. The van der Waals surface area contributed by atoms with E-state index >= 15 is 0 Å². The van der Waals surface area contributed by atoms with Crippen LogP contribution in [0.5, 0.6) is 0 Å². The first kappa shape index (κ1) is 13.2. The van der Waals surface area contributed by atoms with Crippen molar-refractivity contribution in [2.75, 3.05) is 12.4 Å². The van der Waals surface area contributed by atoms with Gasteiger partial charge in [-0.05, 0) is 32.1 Å². The summed E-state index contributed by atoms with van der Waals surface area (Å²) in [6, 6.07) is 0.504. The molecule has 0 aliphatic heterocycles. The minimum Gasteiger partial charge on any atom is -0.338 e. The average Bonchev–Trinajstić information content (AvgIpc) is 2.53. The number of carbonyl (C=O) groups excluding carboxylic acids is 1. The first-order valence-electron chi connectivity index (χ1n) is 7.19. The second-order valence-corrected chi connectivity index (χ2v) is 5.87. The molecule has 0 saturated heterocycles. The smallest absolute Gasteiger partial charge is 0.225 e. The fraction of sp³-hybridized carbons (Fsp3) is 0.929. The van der Waals surface area contributed by atoms with Crippen molar-refractivity contribution in [2.45, 2.75) is 63.8 Å². The number of amides is 1. The third kappa shape index (κ3) is 3.37. The van der Waals surface area contributed by atoms with Gasteiger partial charge < -0.3 is 4.90 Å². The first-order valence-corrected chi connectivity index (χ1v) is 7.73. The van der Waals surface area contributed by atoms with Crippen LogP contribution in [0.25, 0.3) is 0 Å². The molecule has 0 N–H and O–H groups in total. The Kier molecular flexibility index (Phi) is 5.15. The van der Waals surface area contributed by atoms with E-state index in [-0.39, 0.29) is 0 Å². The molecule has 0 unspecified atom stereocenters.